The lowest BCUT2D eigenvalue weighted by molar-refractivity contribution is -0.136. The molecular weight excluding hydrogens is 756 g/mol. The van der Waals surface area contributed by atoms with Crippen LogP contribution in [0.4, 0.5) is 5.69 Å². The molecule has 1 spiro atoms. The van der Waals surface area contributed by atoms with Gasteiger partial charge in [0.1, 0.15) is 11.9 Å². The number of hydrogen-bond donors (Lipinski definition) is 1. The highest BCUT2D eigenvalue weighted by Gasteiger charge is 2.47. The van der Waals surface area contributed by atoms with Crippen molar-refractivity contribution in [3.63, 3.8) is 0 Å². The maximum Gasteiger partial charge on any atom is 0.281 e. The Kier molecular flexibility index (Phi) is 8.73. The maximum atomic E-state index is 13.4. The highest BCUT2D eigenvalue weighted by molar-refractivity contribution is 9.10. The average Bonchev–Trinajstić information content (AvgIpc) is 3.66. The van der Waals surface area contributed by atoms with Gasteiger partial charge in [-0.15, -0.1) is 0 Å². The molecule has 4 aromatic rings. The van der Waals surface area contributed by atoms with Crippen molar-refractivity contribution in [2.45, 2.75) is 94.5 Å². The summed E-state index contributed by atoms with van der Waals surface area (Å²) >= 11 is 3.65. The quantitative estimate of drug-likeness (QED) is 0.228. The van der Waals surface area contributed by atoms with E-state index in [0.717, 1.165) is 85.5 Å². The molecule has 2 aliphatic carbocycles. The molecule has 3 aromatic carbocycles. The second-order valence-electron chi connectivity index (χ2n) is 16.9. The SMILES string of the molecule is O=C1CCC(N2Cc3cc(N4CCN(CC5CCC(c6ccc7c(c6)-n6c(nc(=O)c8c(Br)cccc86)C76CCCCC6)CC5)CC4)ccc3C2=O)C(=O)N1. The van der Waals surface area contributed by atoms with E-state index in [0.29, 0.717) is 35.8 Å². The number of piperidine rings is 1. The van der Waals surface area contributed by atoms with Crippen molar-refractivity contribution < 1.29 is 14.4 Å². The molecule has 3 amide bonds. The maximum absolute atomic E-state index is 13.4. The second-order valence-corrected chi connectivity index (χ2v) is 17.7. The first kappa shape index (κ1) is 35.1. The molecule has 10 nitrogen and oxygen atoms in total. The summed E-state index contributed by atoms with van der Waals surface area (Å²) in [5, 5.41) is 3.06. The molecular formula is C44H47BrN6O4. The molecule has 1 aromatic heterocycles. The normalized spacial score (nSPS) is 25.0. The minimum absolute atomic E-state index is 0.123. The first-order chi connectivity index (χ1) is 26.8. The molecule has 10 rings (SSSR count). The number of carbonyl (C=O) groups excluding carboxylic acids is 3. The van der Waals surface area contributed by atoms with E-state index in [1.165, 1.54) is 48.9 Å². The molecule has 55 heavy (non-hydrogen) atoms. The van der Waals surface area contributed by atoms with E-state index in [1.54, 1.807) is 4.90 Å². The second kappa shape index (κ2) is 13.7. The third-order valence-corrected chi connectivity index (χ3v) is 14.5. The molecule has 0 radical (unpaired) electrons. The van der Waals surface area contributed by atoms with Crippen LogP contribution in [0.25, 0.3) is 16.6 Å². The van der Waals surface area contributed by atoms with Gasteiger partial charge in [-0.3, -0.25) is 34.0 Å². The standard InChI is InChI=1S/C44H47BrN6O4/c45-34-5-4-6-35-39(34)41(54)47-43-44(17-2-1-3-18-44)33-14-11-29(24-37(33)51(35)43)28-9-7-27(8-10-28)25-48-19-21-49(22-20-48)31-12-13-32-30(23-31)26-50(42(32)55)36-15-16-38(52)46-40(36)53/h4-6,11-14,23-24,27-28,36H,1-3,7-10,15-22,25-26H2,(H,46,52,53). The van der Waals surface area contributed by atoms with Gasteiger partial charge in [0.2, 0.25) is 11.8 Å². The molecule has 1 atom stereocenters. The number of piperazine rings is 1. The predicted molar refractivity (Wildman–Crippen MR) is 215 cm³/mol. The number of fused-ring (bicyclic) bond motifs is 8. The van der Waals surface area contributed by atoms with Gasteiger partial charge in [-0.25, -0.2) is 0 Å². The van der Waals surface area contributed by atoms with Gasteiger partial charge in [-0.05, 0) is 126 Å². The Labute approximate surface area is 329 Å². The van der Waals surface area contributed by atoms with Crippen molar-refractivity contribution >= 4 is 50.2 Å². The Morgan fingerprint density at radius 3 is 2.44 bits per heavy atom. The fraction of sp³-hybridized carbons (Fsp3) is 0.477. The summed E-state index contributed by atoms with van der Waals surface area (Å²) in [4.78, 5) is 62.3. The zero-order valence-electron chi connectivity index (χ0n) is 31.2. The molecule has 4 fully saturated rings. The Hall–Kier alpha value is -4.35. The summed E-state index contributed by atoms with van der Waals surface area (Å²) in [6.07, 6.45) is 11.1. The molecule has 1 unspecified atom stereocenters. The van der Waals surface area contributed by atoms with Crippen LogP contribution in [0.15, 0.2) is 63.9 Å². The van der Waals surface area contributed by atoms with Crippen LogP contribution < -0.4 is 15.8 Å². The molecule has 6 aliphatic rings. The summed E-state index contributed by atoms with van der Waals surface area (Å²) in [7, 11) is 0. The summed E-state index contributed by atoms with van der Waals surface area (Å²) in [6, 6.07) is 18.8. The van der Waals surface area contributed by atoms with E-state index in [1.807, 2.05) is 24.3 Å². The van der Waals surface area contributed by atoms with E-state index in [4.69, 9.17) is 4.98 Å². The first-order valence-corrected chi connectivity index (χ1v) is 21.2. The van der Waals surface area contributed by atoms with Gasteiger partial charge in [-0.1, -0.05) is 37.5 Å². The van der Waals surface area contributed by atoms with Gasteiger partial charge >= 0.3 is 0 Å². The molecule has 4 aliphatic heterocycles. The summed E-state index contributed by atoms with van der Waals surface area (Å²) < 4.78 is 3.14. The van der Waals surface area contributed by atoms with Crippen molar-refractivity contribution in [3.8, 4) is 5.69 Å². The van der Waals surface area contributed by atoms with Gasteiger partial charge < -0.3 is 9.80 Å². The number of nitrogens with zero attached hydrogens (tertiary/aromatic N) is 5. The Morgan fingerprint density at radius 2 is 1.65 bits per heavy atom. The lowest BCUT2D eigenvalue weighted by atomic mass is 9.69. The number of rotatable bonds is 5. The highest BCUT2D eigenvalue weighted by Crippen LogP contribution is 2.52. The van der Waals surface area contributed by atoms with Gasteiger partial charge in [0.15, 0.2) is 0 Å². The molecule has 11 heteroatoms. The van der Waals surface area contributed by atoms with Crippen LogP contribution >= 0.6 is 15.9 Å². The number of anilines is 1. The molecule has 2 saturated carbocycles. The Balaban J connectivity index is 0.784. The summed E-state index contributed by atoms with van der Waals surface area (Å²) in [5.74, 6) is 1.42. The zero-order chi connectivity index (χ0) is 37.4. The highest BCUT2D eigenvalue weighted by atomic mass is 79.9. The minimum atomic E-state index is -0.589. The first-order valence-electron chi connectivity index (χ1n) is 20.4. The number of amides is 3. The van der Waals surface area contributed by atoms with E-state index in [9.17, 15) is 19.2 Å². The van der Waals surface area contributed by atoms with Gasteiger partial charge in [0.25, 0.3) is 11.5 Å². The number of nitrogens with one attached hydrogen (secondary N) is 1. The number of benzene rings is 3. The van der Waals surface area contributed by atoms with Crippen LogP contribution in [0.3, 0.4) is 0 Å². The lowest BCUT2D eigenvalue weighted by Crippen LogP contribution is -2.52. The van der Waals surface area contributed by atoms with Crippen LogP contribution in [0, 0.1) is 5.92 Å². The van der Waals surface area contributed by atoms with E-state index >= 15 is 0 Å². The largest absolute Gasteiger partial charge is 0.369 e. The molecule has 0 bridgehead atoms. The van der Waals surface area contributed by atoms with E-state index in [-0.39, 0.29) is 35.1 Å². The van der Waals surface area contributed by atoms with Gasteiger partial charge in [0.05, 0.1) is 22.0 Å². The zero-order valence-corrected chi connectivity index (χ0v) is 32.8. The van der Waals surface area contributed by atoms with Gasteiger partial charge in [-0.2, -0.15) is 4.98 Å². The smallest absolute Gasteiger partial charge is 0.281 e. The van der Waals surface area contributed by atoms with Crippen molar-refractivity contribution in [3.05, 3.63) is 97.5 Å². The summed E-state index contributed by atoms with van der Waals surface area (Å²) in [6.45, 7) is 5.48. The lowest BCUT2D eigenvalue weighted by Gasteiger charge is -2.39. The van der Waals surface area contributed by atoms with Crippen molar-refractivity contribution in [1.29, 1.82) is 0 Å². The third kappa shape index (κ3) is 5.86. The molecule has 2 saturated heterocycles. The van der Waals surface area contributed by atoms with Crippen LogP contribution in [0.2, 0.25) is 0 Å². The topological polar surface area (TPSA) is 108 Å². The fourth-order valence-electron chi connectivity index (χ4n) is 10.9. The monoisotopic (exact) mass is 802 g/mol. The molecule has 284 valence electrons. The van der Waals surface area contributed by atoms with Crippen LogP contribution in [-0.2, 0) is 21.5 Å². The van der Waals surface area contributed by atoms with Gasteiger partial charge in [0, 0.05) is 61.4 Å². The van der Waals surface area contributed by atoms with Crippen molar-refractivity contribution in [2.24, 2.45) is 5.92 Å². The van der Waals surface area contributed by atoms with Crippen LogP contribution in [0.1, 0.15) is 109 Å². The minimum Gasteiger partial charge on any atom is -0.369 e. The van der Waals surface area contributed by atoms with Crippen molar-refractivity contribution in [1.82, 2.24) is 24.7 Å². The summed E-state index contributed by atoms with van der Waals surface area (Å²) in [5.41, 5.74) is 7.40. The van der Waals surface area contributed by atoms with Crippen LogP contribution in [-0.4, -0.2) is 75.8 Å². The predicted octanol–water partition coefficient (Wildman–Crippen LogP) is 6.57. The molecule has 5 heterocycles. The van der Waals surface area contributed by atoms with Crippen molar-refractivity contribution in [2.75, 3.05) is 37.6 Å². The third-order valence-electron chi connectivity index (χ3n) is 13.9. The number of carbonyl (C=O) groups is 3. The van der Waals surface area contributed by atoms with Crippen LogP contribution in [0.5, 0.6) is 0 Å². The number of halogens is 1. The number of imide groups is 1. The van der Waals surface area contributed by atoms with E-state index in [2.05, 4.69) is 65.9 Å². The van der Waals surface area contributed by atoms with E-state index < -0.39 is 6.04 Å². The average molecular weight is 804 g/mol. The molecule has 1 N–H and O–H groups in total. The fourth-order valence-corrected chi connectivity index (χ4v) is 11.5. The Morgan fingerprint density at radius 1 is 0.855 bits per heavy atom. The Bertz CT molecular complexity index is 2300. The number of aromatic nitrogens is 2. The number of hydrogen-bond acceptors (Lipinski definition) is 7.